The van der Waals surface area contributed by atoms with Gasteiger partial charge in [-0.2, -0.15) is 0 Å². The van der Waals surface area contributed by atoms with Gasteiger partial charge in [-0.05, 0) is 76.5 Å². The second kappa shape index (κ2) is 8.50. The fourth-order valence-electron chi connectivity index (χ4n) is 4.20. The highest BCUT2D eigenvalue weighted by Crippen LogP contribution is 2.47. The smallest absolute Gasteiger partial charge is 0.0530 e. The Bertz CT molecular complexity index is 277. The Morgan fingerprint density at radius 3 is 2.10 bits per heavy atom. The maximum Gasteiger partial charge on any atom is 0.0530 e. The van der Waals surface area contributed by atoms with Crippen LogP contribution in [0.3, 0.4) is 0 Å². The highest BCUT2D eigenvalue weighted by molar-refractivity contribution is 4.96. The van der Waals surface area contributed by atoms with Crippen LogP contribution < -0.4 is 5.32 Å². The molecule has 3 nitrogen and oxygen atoms in total. The van der Waals surface area contributed by atoms with Crippen molar-refractivity contribution >= 4 is 0 Å². The van der Waals surface area contributed by atoms with Crippen molar-refractivity contribution in [3.05, 3.63) is 0 Å². The molecular weight excluding hydrogens is 260 g/mol. The van der Waals surface area contributed by atoms with Gasteiger partial charge in [0.25, 0.3) is 0 Å². The first-order valence-corrected chi connectivity index (χ1v) is 9.23. The van der Waals surface area contributed by atoms with Crippen molar-refractivity contribution in [3.63, 3.8) is 0 Å². The average molecular weight is 296 g/mol. The monoisotopic (exact) mass is 296 g/mol. The van der Waals surface area contributed by atoms with E-state index in [9.17, 15) is 0 Å². The molecule has 0 amide bonds. The highest BCUT2D eigenvalue weighted by Gasteiger charge is 2.44. The Kier molecular flexibility index (Phi) is 6.97. The van der Waals surface area contributed by atoms with E-state index in [0.29, 0.717) is 5.41 Å². The summed E-state index contributed by atoms with van der Waals surface area (Å²) in [5.41, 5.74) is 0.538. The number of nitrogens with zero attached hydrogens (tertiary/aromatic N) is 1. The average Bonchev–Trinajstić information content (AvgIpc) is 3.30. The van der Waals surface area contributed by atoms with Gasteiger partial charge in [0.05, 0.1) is 6.61 Å². The number of likely N-dealkylation sites (tertiary alicyclic amines) is 1. The van der Waals surface area contributed by atoms with Gasteiger partial charge in [-0.15, -0.1) is 0 Å². The molecule has 2 aliphatic heterocycles. The van der Waals surface area contributed by atoms with Gasteiger partial charge in [-0.25, -0.2) is 0 Å². The van der Waals surface area contributed by atoms with E-state index < -0.39 is 0 Å². The fourth-order valence-corrected chi connectivity index (χ4v) is 4.20. The summed E-state index contributed by atoms with van der Waals surface area (Å²) < 4.78 is 5.39. The molecule has 0 unspecified atom stereocenters. The molecule has 124 valence electrons. The SMILES string of the molecule is CC.COCC1(CN2CCC(C3CCNCC3)CC2)CC1. The highest BCUT2D eigenvalue weighted by atomic mass is 16.5. The lowest BCUT2D eigenvalue weighted by molar-refractivity contribution is 0.0775. The quantitative estimate of drug-likeness (QED) is 0.843. The van der Waals surface area contributed by atoms with Crippen molar-refractivity contribution in [2.45, 2.75) is 52.4 Å². The summed E-state index contributed by atoms with van der Waals surface area (Å²) in [6.45, 7) is 11.4. The molecule has 0 spiro atoms. The zero-order chi connectivity index (χ0) is 15.1. The minimum atomic E-state index is 0.538. The molecule has 0 aromatic carbocycles. The molecule has 3 fully saturated rings. The van der Waals surface area contributed by atoms with Crippen molar-refractivity contribution in [1.82, 2.24) is 10.2 Å². The first kappa shape index (κ1) is 17.2. The van der Waals surface area contributed by atoms with Crippen molar-refractivity contribution in [1.29, 1.82) is 0 Å². The van der Waals surface area contributed by atoms with Crippen molar-refractivity contribution in [2.24, 2.45) is 17.3 Å². The molecule has 3 aliphatic rings. The number of hydrogen-bond acceptors (Lipinski definition) is 3. The fraction of sp³-hybridized carbons (Fsp3) is 1.00. The van der Waals surface area contributed by atoms with Gasteiger partial charge >= 0.3 is 0 Å². The van der Waals surface area contributed by atoms with Gasteiger partial charge in [0.2, 0.25) is 0 Å². The molecule has 0 aromatic rings. The molecule has 1 saturated carbocycles. The molecule has 1 N–H and O–H groups in total. The van der Waals surface area contributed by atoms with E-state index in [1.165, 1.54) is 71.2 Å². The lowest BCUT2D eigenvalue weighted by Gasteiger charge is -2.39. The van der Waals surface area contributed by atoms with E-state index in [4.69, 9.17) is 4.74 Å². The van der Waals surface area contributed by atoms with Gasteiger partial charge in [-0.1, -0.05) is 13.8 Å². The maximum atomic E-state index is 5.39. The van der Waals surface area contributed by atoms with Gasteiger partial charge in [0.1, 0.15) is 0 Å². The third-order valence-corrected chi connectivity index (χ3v) is 5.65. The van der Waals surface area contributed by atoms with Crippen LogP contribution in [0.4, 0.5) is 0 Å². The van der Waals surface area contributed by atoms with Crippen LogP contribution in [0.5, 0.6) is 0 Å². The molecule has 1 aliphatic carbocycles. The van der Waals surface area contributed by atoms with Gasteiger partial charge < -0.3 is 15.0 Å². The molecule has 0 atom stereocenters. The normalized spacial score (nSPS) is 27.0. The Morgan fingerprint density at radius 1 is 1.00 bits per heavy atom. The van der Waals surface area contributed by atoms with E-state index in [1.807, 2.05) is 21.0 Å². The molecule has 0 bridgehead atoms. The topological polar surface area (TPSA) is 24.5 Å². The van der Waals surface area contributed by atoms with E-state index in [0.717, 1.165) is 18.4 Å². The zero-order valence-electron chi connectivity index (χ0n) is 14.5. The predicted octanol–water partition coefficient (Wildman–Crippen LogP) is 3.15. The van der Waals surface area contributed by atoms with Crippen molar-refractivity contribution in [2.75, 3.05) is 46.4 Å². The number of hydrogen-bond donors (Lipinski definition) is 1. The summed E-state index contributed by atoms with van der Waals surface area (Å²) in [5, 5.41) is 3.49. The maximum absolute atomic E-state index is 5.39. The van der Waals surface area contributed by atoms with E-state index in [1.54, 1.807) is 0 Å². The number of nitrogens with one attached hydrogen (secondary N) is 1. The summed E-state index contributed by atoms with van der Waals surface area (Å²) in [6.07, 6.45) is 8.47. The minimum Gasteiger partial charge on any atom is -0.384 e. The van der Waals surface area contributed by atoms with Crippen LogP contribution in [0.1, 0.15) is 52.4 Å². The minimum absolute atomic E-state index is 0.538. The van der Waals surface area contributed by atoms with Gasteiger partial charge in [-0.3, -0.25) is 0 Å². The lowest BCUT2D eigenvalue weighted by atomic mass is 9.79. The van der Waals surface area contributed by atoms with E-state index >= 15 is 0 Å². The molecule has 3 rings (SSSR count). The number of rotatable bonds is 5. The van der Waals surface area contributed by atoms with E-state index in [-0.39, 0.29) is 0 Å². The van der Waals surface area contributed by atoms with Crippen LogP contribution in [0.25, 0.3) is 0 Å². The summed E-state index contributed by atoms with van der Waals surface area (Å²) >= 11 is 0. The van der Waals surface area contributed by atoms with Crippen LogP contribution in [0.15, 0.2) is 0 Å². The third-order valence-electron chi connectivity index (χ3n) is 5.65. The predicted molar refractivity (Wildman–Crippen MR) is 89.6 cm³/mol. The Morgan fingerprint density at radius 2 is 1.57 bits per heavy atom. The molecule has 3 heteroatoms. The number of methoxy groups -OCH3 is 1. The zero-order valence-corrected chi connectivity index (χ0v) is 14.5. The third kappa shape index (κ3) is 4.94. The van der Waals surface area contributed by atoms with Crippen LogP contribution in [-0.2, 0) is 4.74 Å². The second-order valence-electron chi connectivity index (χ2n) is 7.13. The Balaban J connectivity index is 0.000000774. The van der Waals surface area contributed by atoms with Crippen LogP contribution in [-0.4, -0.2) is 51.3 Å². The first-order chi connectivity index (χ1) is 10.3. The number of ether oxygens (including phenoxy) is 1. The molecular formula is C18H36N2O. The second-order valence-corrected chi connectivity index (χ2v) is 7.13. The first-order valence-electron chi connectivity index (χ1n) is 9.23. The largest absolute Gasteiger partial charge is 0.384 e. The summed E-state index contributed by atoms with van der Waals surface area (Å²) in [4.78, 5) is 2.71. The standard InChI is InChI=1S/C16H30N2O.C2H6/c1-19-13-16(6-7-16)12-18-10-4-15(5-11-18)14-2-8-17-9-3-14;1-2/h14-15,17H,2-13H2,1H3;1-2H3. The Labute approximate surface area is 131 Å². The Hall–Kier alpha value is -0.120. The summed E-state index contributed by atoms with van der Waals surface area (Å²) in [7, 11) is 1.85. The molecule has 0 aromatic heterocycles. The van der Waals surface area contributed by atoms with Crippen molar-refractivity contribution in [3.8, 4) is 0 Å². The van der Waals surface area contributed by atoms with Crippen LogP contribution in [0.2, 0.25) is 0 Å². The molecule has 2 saturated heterocycles. The van der Waals surface area contributed by atoms with Gasteiger partial charge in [0, 0.05) is 19.1 Å². The molecule has 0 radical (unpaired) electrons. The van der Waals surface area contributed by atoms with Gasteiger partial charge in [0.15, 0.2) is 0 Å². The van der Waals surface area contributed by atoms with Crippen LogP contribution >= 0.6 is 0 Å². The summed E-state index contributed by atoms with van der Waals surface area (Å²) in [5.74, 6) is 2.02. The molecule has 2 heterocycles. The lowest BCUT2D eigenvalue weighted by Crippen LogP contribution is -2.42. The summed E-state index contributed by atoms with van der Waals surface area (Å²) in [6, 6.07) is 0. The van der Waals surface area contributed by atoms with Crippen molar-refractivity contribution < 1.29 is 4.74 Å². The van der Waals surface area contributed by atoms with E-state index in [2.05, 4.69) is 10.2 Å². The van der Waals surface area contributed by atoms with Crippen LogP contribution in [0, 0.1) is 17.3 Å². The number of piperidine rings is 2. The molecule has 21 heavy (non-hydrogen) atoms.